The summed E-state index contributed by atoms with van der Waals surface area (Å²) in [7, 11) is -2.54. The van der Waals surface area contributed by atoms with Crippen molar-refractivity contribution in [2.24, 2.45) is 0 Å². The largest absolute Gasteiger partial charge is 0.452 e. The summed E-state index contributed by atoms with van der Waals surface area (Å²) in [4.78, 5) is 24.0. The van der Waals surface area contributed by atoms with E-state index in [0.29, 0.717) is 10.7 Å². The van der Waals surface area contributed by atoms with Crippen LogP contribution in [0, 0.1) is 0 Å². The van der Waals surface area contributed by atoms with E-state index in [1.165, 1.54) is 37.4 Å². The number of ether oxygens (including phenoxy) is 1. The Morgan fingerprint density at radius 1 is 1.10 bits per heavy atom. The predicted octanol–water partition coefficient (Wildman–Crippen LogP) is 3.24. The van der Waals surface area contributed by atoms with Gasteiger partial charge in [-0.2, -0.15) is 0 Å². The van der Waals surface area contributed by atoms with Crippen LogP contribution in [-0.2, 0) is 19.6 Å². The minimum absolute atomic E-state index is 0.0223. The first-order chi connectivity index (χ1) is 13.4. The van der Waals surface area contributed by atoms with E-state index >= 15 is 0 Å². The summed E-state index contributed by atoms with van der Waals surface area (Å²) in [5.41, 5.74) is -0.0546. The SMILES string of the molecule is CN(c1cccc(Cl)c1)S(=O)(=O)c1cccc(C(=O)OCC(=O)NC(C)(C)C)c1. The first kappa shape index (κ1) is 22.7. The topological polar surface area (TPSA) is 92.8 Å². The van der Waals surface area contributed by atoms with E-state index in [1.54, 1.807) is 39.0 Å². The lowest BCUT2D eigenvalue weighted by atomic mass is 10.1. The first-order valence-corrected chi connectivity index (χ1v) is 10.5. The Kier molecular flexibility index (Phi) is 6.92. The molecule has 0 atom stereocenters. The molecule has 0 bridgehead atoms. The maximum atomic E-state index is 12.9. The summed E-state index contributed by atoms with van der Waals surface area (Å²) < 4.78 is 31.9. The molecular weight excluding hydrogens is 416 g/mol. The number of halogens is 1. The molecule has 1 amide bonds. The maximum Gasteiger partial charge on any atom is 0.338 e. The second kappa shape index (κ2) is 8.84. The van der Waals surface area contributed by atoms with E-state index in [9.17, 15) is 18.0 Å². The van der Waals surface area contributed by atoms with Crippen molar-refractivity contribution < 1.29 is 22.7 Å². The lowest BCUT2D eigenvalue weighted by molar-refractivity contribution is -0.125. The molecular formula is C20H23ClN2O5S. The van der Waals surface area contributed by atoms with Crippen molar-refractivity contribution in [1.82, 2.24) is 5.32 Å². The van der Waals surface area contributed by atoms with Crippen LogP contribution in [0.5, 0.6) is 0 Å². The van der Waals surface area contributed by atoms with Gasteiger partial charge in [0, 0.05) is 17.6 Å². The molecule has 2 aromatic rings. The van der Waals surface area contributed by atoms with Crippen LogP contribution in [-0.4, -0.2) is 39.5 Å². The van der Waals surface area contributed by atoms with Crippen molar-refractivity contribution in [2.75, 3.05) is 18.0 Å². The highest BCUT2D eigenvalue weighted by Gasteiger charge is 2.23. The van der Waals surface area contributed by atoms with Gasteiger partial charge >= 0.3 is 5.97 Å². The Hall–Kier alpha value is -2.58. The number of hydrogen-bond donors (Lipinski definition) is 1. The minimum Gasteiger partial charge on any atom is -0.452 e. The Balaban J connectivity index is 2.17. The number of nitrogens with one attached hydrogen (secondary N) is 1. The second-order valence-corrected chi connectivity index (χ2v) is 9.76. The number of hydrogen-bond acceptors (Lipinski definition) is 5. The molecule has 0 unspecified atom stereocenters. The van der Waals surface area contributed by atoms with E-state index in [2.05, 4.69) is 5.32 Å². The molecule has 0 fully saturated rings. The fourth-order valence-electron chi connectivity index (χ4n) is 2.42. The zero-order valence-corrected chi connectivity index (χ0v) is 18.2. The van der Waals surface area contributed by atoms with E-state index in [0.717, 1.165) is 4.31 Å². The number of carbonyl (C=O) groups is 2. The average molecular weight is 439 g/mol. The van der Waals surface area contributed by atoms with Crippen molar-refractivity contribution >= 4 is 39.2 Å². The zero-order valence-electron chi connectivity index (χ0n) is 16.6. The van der Waals surface area contributed by atoms with E-state index in [4.69, 9.17) is 16.3 Å². The highest BCUT2D eigenvalue weighted by Crippen LogP contribution is 2.25. The molecule has 29 heavy (non-hydrogen) atoms. The molecule has 9 heteroatoms. The molecule has 0 aromatic heterocycles. The van der Waals surface area contributed by atoms with Crippen molar-refractivity contribution in [3.05, 3.63) is 59.1 Å². The van der Waals surface area contributed by atoms with Gasteiger partial charge < -0.3 is 10.1 Å². The number of anilines is 1. The minimum atomic E-state index is -3.93. The standard InChI is InChI=1S/C20H23ClN2O5S/c1-20(2,3)22-18(24)13-28-19(25)14-7-5-10-17(11-14)29(26,27)23(4)16-9-6-8-15(21)12-16/h5-12H,13H2,1-4H3,(H,22,24). The monoisotopic (exact) mass is 438 g/mol. The number of carbonyl (C=O) groups excluding carboxylic acids is 2. The number of benzene rings is 2. The molecule has 0 saturated heterocycles. The molecule has 1 N–H and O–H groups in total. The third kappa shape index (κ3) is 6.20. The summed E-state index contributed by atoms with van der Waals surface area (Å²) in [6.45, 7) is 4.95. The van der Waals surface area contributed by atoms with Gasteiger partial charge in [0.25, 0.3) is 15.9 Å². The van der Waals surface area contributed by atoms with Crippen molar-refractivity contribution in [2.45, 2.75) is 31.2 Å². The maximum absolute atomic E-state index is 12.9. The van der Waals surface area contributed by atoms with E-state index in [1.807, 2.05) is 0 Å². The number of nitrogens with zero attached hydrogens (tertiary/aromatic N) is 1. The molecule has 0 aliphatic carbocycles. The van der Waals surface area contributed by atoms with Crippen LogP contribution >= 0.6 is 11.6 Å². The molecule has 7 nitrogen and oxygen atoms in total. The van der Waals surface area contributed by atoms with Crippen LogP contribution in [0.25, 0.3) is 0 Å². The summed E-state index contributed by atoms with van der Waals surface area (Å²) in [5, 5.41) is 3.07. The van der Waals surface area contributed by atoms with Crippen LogP contribution < -0.4 is 9.62 Å². The summed E-state index contributed by atoms with van der Waals surface area (Å²) in [6.07, 6.45) is 0. The van der Waals surface area contributed by atoms with E-state index < -0.39 is 34.0 Å². The number of amides is 1. The van der Waals surface area contributed by atoms with Gasteiger partial charge in [-0.1, -0.05) is 23.7 Å². The Labute approximate surface area is 175 Å². The van der Waals surface area contributed by atoms with E-state index in [-0.39, 0.29) is 10.5 Å². The molecule has 0 heterocycles. The average Bonchev–Trinajstić information content (AvgIpc) is 2.64. The Morgan fingerprint density at radius 2 is 1.76 bits per heavy atom. The molecule has 156 valence electrons. The second-order valence-electron chi connectivity index (χ2n) is 7.35. The van der Waals surface area contributed by atoms with Crippen molar-refractivity contribution in [3.63, 3.8) is 0 Å². The fourth-order valence-corrected chi connectivity index (χ4v) is 3.84. The molecule has 0 radical (unpaired) electrons. The Morgan fingerprint density at radius 3 is 2.38 bits per heavy atom. The van der Waals surface area contributed by atoms with Gasteiger partial charge in [-0.25, -0.2) is 13.2 Å². The first-order valence-electron chi connectivity index (χ1n) is 8.73. The molecule has 0 saturated carbocycles. The third-order valence-corrected chi connectivity index (χ3v) is 5.77. The van der Waals surface area contributed by atoms with Crippen LogP contribution in [0.2, 0.25) is 5.02 Å². The molecule has 0 aliphatic rings. The van der Waals surface area contributed by atoms with Gasteiger partial charge in [0.1, 0.15) is 0 Å². The number of rotatable bonds is 6. The van der Waals surface area contributed by atoms with Gasteiger partial charge in [-0.3, -0.25) is 9.10 Å². The van der Waals surface area contributed by atoms with Crippen LogP contribution in [0.3, 0.4) is 0 Å². The van der Waals surface area contributed by atoms with Gasteiger partial charge in [0.2, 0.25) is 0 Å². The summed E-state index contributed by atoms with van der Waals surface area (Å²) in [6, 6.07) is 11.8. The third-order valence-electron chi connectivity index (χ3n) is 3.75. The number of sulfonamides is 1. The predicted molar refractivity (Wildman–Crippen MR) is 112 cm³/mol. The van der Waals surface area contributed by atoms with Crippen LogP contribution in [0.4, 0.5) is 5.69 Å². The summed E-state index contributed by atoms with van der Waals surface area (Å²) >= 11 is 5.94. The molecule has 0 spiro atoms. The summed E-state index contributed by atoms with van der Waals surface area (Å²) in [5.74, 6) is -1.24. The molecule has 2 rings (SSSR count). The highest BCUT2D eigenvalue weighted by molar-refractivity contribution is 7.92. The van der Waals surface area contributed by atoms with Gasteiger partial charge in [-0.05, 0) is 57.2 Å². The quantitative estimate of drug-likeness (QED) is 0.699. The Bertz CT molecular complexity index is 1020. The van der Waals surface area contributed by atoms with Crippen LogP contribution in [0.15, 0.2) is 53.4 Å². The lowest BCUT2D eigenvalue weighted by Gasteiger charge is -2.20. The molecule has 0 aliphatic heterocycles. The van der Waals surface area contributed by atoms with Gasteiger partial charge in [-0.15, -0.1) is 0 Å². The normalized spacial score (nSPS) is 11.6. The van der Waals surface area contributed by atoms with Gasteiger partial charge in [0.15, 0.2) is 6.61 Å². The van der Waals surface area contributed by atoms with Crippen LogP contribution in [0.1, 0.15) is 31.1 Å². The van der Waals surface area contributed by atoms with Crippen molar-refractivity contribution in [1.29, 1.82) is 0 Å². The van der Waals surface area contributed by atoms with Crippen molar-refractivity contribution in [3.8, 4) is 0 Å². The molecule has 2 aromatic carbocycles. The number of esters is 1. The fraction of sp³-hybridized carbons (Fsp3) is 0.300. The van der Waals surface area contributed by atoms with Gasteiger partial charge in [0.05, 0.1) is 16.1 Å². The zero-order chi connectivity index (χ0) is 21.8. The highest BCUT2D eigenvalue weighted by atomic mass is 35.5. The smallest absolute Gasteiger partial charge is 0.338 e. The lowest BCUT2D eigenvalue weighted by Crippen LogP contribution is -2.42.